The fourth-order valence-corrected chi connectivity index (χ4v) is 2.61. The van der Waals surface area contributed by atoms with Gasteiger partial charge in [0, 0.05) is 13.2 Å². The molecular weight excluding hydrogens is 254 g/mol. The summed E-state index contributed by atoms with van der Waals surface area (Å²) in [5.41, 5.74) is 0.142. The summed E-state index contributed by atoms with van der Waals surface area (Å²) < 4.78 is 26.9. The topological polar surface area (TPSA) is 81.1 Å². The third-order valence-electron chi connectivity index (χ3n) is 2.34. The highest BCUT2D eigenvalue weighted by Gasteiger charge is 2.20. The van der Waals surface area contributed by atoms with Crippen molar-refractivity contribution in [3.63, 3.8) is 0 Å². The Morgan fingerprint density at radius 1 is 1.44 bits per heavy atom. The normalized spacial score (nSPS) is 12.4. The first-order chi connectivity index (χ1) is 8.09. The van der Waals surface area contributed by atoms with Crippen LogP contribution in [-0.2, 0) is 17.1 Å². The van der Waals surface area contributed by atoms with E-state index in [9.17, 15) is 13.2 Å². The predicted molar refractivity (Wildman–Crippen MR) is 68.5 cm³/mol. The molecule has 0 saturated carbocycles. The lowest BCUT2D eigenvalue weighted by molar-refractivity contribution is 0.0981. The highest BCUT2D eigenvalue weighted by molar-refractivity contribution is 7.90. The molecule has 1 heterocycles. The first-order valence-electron chi connectivity index (χ1n) is 5.62. The van der Waals surface area contributed by atoms with Crippen molar-refractivity contribution >= 4 is 15.9 Å². The number of carbonyl (C=O) groups excluding carboxylic acids is 1. The van der Waals surface area contributed by atoms with Gasteiger partial charge in [0.25, 0.3) is 5.91 Å². The van der Waals surface area contributed by atoms with E-state index in [0.29, 0.717) is 6.42 Å². The summed E-state index contributed by atoms with van der Waals surface area (Å²) in [6.45, 7) is 5.85. The number of sulfonamides is 1. The molecule has 18 heavy (non-hydrogen) atoms. The Morgan fingerprint density at radius 2 is 2.06 bits per heavy atom. The molecule has 0 spiro atoms. The Balaban J connectivity index is 2.64. The third-order valence-corrected chi connectivity index (χ3v) is 3.57. The minimum atomic E-state index is -3.59. The van der Waals surface area contributed by atoms with E-state index >= 15 is 0 Å². The molecule has 7 heteroatoms. The van der Waals surface area contributed by atoms with E-state index in [-0.39, 0.29) is 16.7 Å². The second-order valence-corrected chi connectivity index (χ2v) is 7.31. The molecule has 102 valence electrons. The van der Waals surface area contributed by atoms with Crippen molar-refractivity contribution in [2.24, 2.45) is 12.5 Å². The van der Waals surface area contributed by atoms with Crippen LogP contribution in [0.15, 0.2) is 12.4 Å². The van der Waals surface area contributed by atoms with Crippen molar-refractivity contribution < 1.29 is 13.2 Å². The van der Waals surface area contributed by atoms with Gasteiger partial charge in [-0.2, -0.15) is 5.10 Å². The van der Waals surface area contributed by atoms with Crippen LogP contribution in [-0.4, -0.2) is 29.9 Å². The smallest absolute Gasteiger partial charge is 0.267 e. The minimum Gasteiger partial charge on any atom is -0.275 e. The zero-order valence-corrected chi connectivity index (χ0v) is 11.9. The molecule has 0 aliphatic heterocycles. The summed E-state index contributed by atoms with van der Waals surface area (Å²) in [6, 6.07) is 0. The first-order valence-corrected chi connectivity index (χ1v) is 7.28. The van der Waals surface area contributed by atoms with Crippen molar-refractivity contribution in [1.29, 1.82) is 0 Å². The van der Waals surface area contributed by atoms with Crippen LogP contribution in [0.3, 0.4) is 0 Å². The summed E-state index contributed by atoms with van der Waals surface area (Å²) in [4.78, 5) is 11.7. The van der Waals surface area contributed by atoms with Crippen LogP contribution < -0.4 is 4.72 Å². The van der Waals surface area contributed by atoms with Gasteiger partial charge in [0.1, 0.15) is 0 Å². The van der Waals surface area contributed by atoms with Crippen molar-refractivity contribution in [2.45, 2.75) is 27.2 Å². The van der Waals surface area contributed by atoms with Gasteiger partial charge in [-0.25, -0.2) is 13.1 Å². The molecule has 0 bridgehead atoms. The van der Waals surface area contributed by atoms with E-state index in [4.69, 9.17) is 0 Å². The van der Waals surface area contributed by atoms with Crippen LogP contribution in [0.4, 0.5) is 0 Å². The molecule has 6 nitrogen and oxygen atoms in total. The quantitative estimate of drug-likeness (QED) is 0.884. The number of aryl methyl sites for hydroxylation is 1. The van der Waals surface area contributed by atoms with Gasteiger partial charge in [-0.1, -0.05) is 20.8 Å². The fraction of sp³-hybridized carbons (Fsp3) is 0.636. The maximum absolute atomic E-state index is 11.7. The standard InChI is InChI=1S/C11H19N3O3S/c1-11(2,3)5-6-18(16,17)13-10(15)9-7-12-14(4)8-9/h7-8H,5-6H2,1-4H3,(H,13,15). The second-order valence-electron chi connectivity index (χ2n) is 5.46. The Morgan fingerprint density at radius 3 is 2.50 bits per heavy atom. The van der Waals surface area contributed by atoms with Crippen molar-refractivity contribution in [3.05, 3.63) is 18.0 Å². The number of aromatic nitrogens is 2. The molecule has 1 rings (SSSR count). The maximum Gasteiger partial charge on any atom is 0.267 e. The highest BCUT2D eigenvalue weighted by atomic mass is 32.2. The van der Waals surface area contributed by atoms with E-state index < -0.39 is 15.9 Å². The molecule has 1 aromatic heterocycles. The molecule has 0 radical (unpaired) electrons. The van der Waals surface area contributed by atoms with Crippen molar-refractivity contribution in [2.75, 3.05) is 5.75 Å². The van der Waals surface area contributed by atoms with Gasteiger partial charge in [-0.05, 0) is 11.8 Å². The Bertz CT molecular complexity index is 526. The molecule has 0 aliphatic rings. The number of nitrogens with one attached hydrogen (secondary N) is 1. The maximum atomic E-state index is 11.7. The van der Waals surface area contributed by atoms with E-state index in [2.05, 4.69) is 5.10 Å². The molecule has 0 aromatic carbocycles. The van der Waals surface area contributed by atoms with E-state index in [0.717, 1.165) is 0 Å². The number of nitrogens with zero attached hydrogens (tertiary/aromatic N) is 2. The summed E-state index contributed by atoms with van der Waals surface area (Å²) in [7, 11) is -1.93. The van der Waals surface area contributed by atoms with Crippen molar-refractivity contribution in [1.82, 2.24) is 14.5 Å². The Labute approximate surface area is 107 Å². The SMILES string of the molecule is Cn1cc(C(=O)NS(=O)(=O)CCC(C)(C)C)cn1. The van der Waals surface area contributed by atoms with Crippen LogP contribution >= 0.6 is 0 Å². The predicted octanol–water partition coefficient (Wildman–Crippen LogP) is 0.916. The largest absolute Gasteiger partial charge is 0.275 e. The number of rotatable bonds is 4. The van der Waals surface area contributed by atoms with Gasteiger partial charge in [0.2, 0.25) is 10.0 Å². The van der Waals surface area contributed by atoms with Crippen LogP contribution in [0, 0.1) is 5.41 Å². The lowest BCUT2D eigenvalue weighted by atomic mass is 9.94. The van der Waals surface area contributed by atoms with E-state index in [1.54, 1.807) is 7.05 Å². The molecule has 0 fully saturated rings. The fourth-order valence-electron chi connectivity index (χ4n) is 1.23. The van der Waals surface area contributed by atoms with E-state index in [1.807, 2.05) is 25.5 Å². The minimum absolute atomic E-state index is 0.0670. The van der Waals surface area contributed by atoms with Gasteiger partial charge < -0.3 is 0 Å². The van der Waals surface area contributed by atoms with Crippen LogP contribution in [0.25, 0.3) is 0 Å². The average Bonchev–Trinajstić information content (AvgIpc) is 2.61. The van der Waals surface area contributed by atoms with Gasteiger partial charge in [0.05, 0.1) is 17.5 Å². The number of hydrogen-bond acceptors (Lipinski definition) is 4. The molecule has 0 aliphatic carbocycles. The lowest BCUT2D eigenvalue weighted by Gasteiger charge is -2.17. The van der Waals surface area contributed by atoms with Crippen LogP contribution in [0.1, 0.15) is 37.6 Å². The van der Waals surface area contributed by atoms with Gasteiger partial charge >= 0.3 is 0 Å². The molecule has 1 aromatic rings. The summed E-state index contributed by atoms with van der Waals surface area (Å²) in [5.74, 6) is -0.709. The zero-order valence-electron chi connectivity index (χ0n) is 11.1. The van der Waals surface area contributed by atoms with Gasteiger partial charge in [0.15, 0.2) is 0 Å². The van der Waals surface area contributed by atoms with Gasteiger partial charge in [-0.15, -0.1) is 0 Å². The zero-order chi connectivity index (χ0) is 14.0. The second kappa shape index (κ2) is 5.09. The monoisotopic (exact) mass is 273 g/mol. The molecule has 1 amide bonds. The number of amides is 1. The molecule has 0 saturated heterocycles. The number of carbonyl (C=O) groups is 1. The van der Waals surface area contributed by atoms with Crippen LogP contribution in [0.5, 0.6) is 0 Å². The molecular formula is C11H19N3O3S. The average molecular weight is 273 g/mol. The molecule has 0 unspecified atom stereocenters. The van der Waals surface area contributed by atoms with Crippen molar-refractivity contribution in [3.8, 4) is 0 Å². The first kappa shape index (κ1) is 14.7. The van der Waals surface area contributed by atoms with E-state index in [1.165, 1.54) is 17.1 Å². The summed E-state index contributed by atoms with van der Waals surface area (Å²) in [6.07, 6.45) is 3.28. The van der Waals surface area contributed by atoms with Crippen LogP contribution in [0.2, 0.25) is 0 Å². The Kier molecular flexibility index (Phi) is 4.16. The summed E-state index contributed by atoms with van der Waals surface area (Å²) in [5, 5.41) is 3.81. The number of hydrogen-bond donors (Lipinski definition) is 1. The lowest BCUT2D eigenvalue weighted by Crippen LogP contribution is -2.33. The molecule has 1 N–H and O–H groups in total. The summed E-state index contributed by atoms with van der Waals surface area (Å²) >= 11 is 0. The van der Waals surface area contributed by atoms with Gasteiger partial charge in [-0.3, -0.25) is 9.48 Å². The third kappa shape index (κ3) is 4.87. The Hall–Kier alpha value is -1.37. The molecule has 0 atom stereocenters. The highest BCUT2D eigenvalue weighted by Crippen LogP contribution is 2.18.